The number of rotatable bonds is 3. The number of aromatic nitrogens is 2. The third kappa shape index (κ3) is 3.82. The van der Waals surface area contributed by atoms with Crippen molar-refractivity contribution in [3.8, 4) is 0 Å². The highest BCUT2D eigenvalue weighted by Crippen LogP contribution is 2.45. The Bertz CT molecular complexity index is 1390. The molecule has 3 aliphatic rings. The van der Waals surface area contributed by atoms with Crippen LogP contribution in [-0.2, 0) is 11.0 Å². The Morgan fingerprint density at radius 2 is 1.68 bits per heavy atom. The summed E-state index contributed by atoms with van der Waals surface area (Å²) < 4.78 is 39.5. The lowest BCUT2D eigenvalue weighted by molar-refractivity contribution is -0.137. The second-order valence-electron chi connectivity index (χ2n) is 9.38. The number of carbonyl (C=O) groups excluding carboxylic acids is 2. The highest BCUT2D eigenvalue weighted by Gasteiger charge is 2.45. The number of amides is 2. The fraction of sp³-hybridized carbons (Fsp3) is 0.333. The van der Waals surface area contributed by atoms with Crippen LogP contribution in [0.25, 0.3) is 0 Å². The van der Waals surface area contributed by atoms with E-state index in [0.29, 0.717) is 28.2 Å². The van der Waals surface area contributed by atoms with Crippen molar-refractivity contribution in [3.05, 3.63) is 77.0 Å². The number of fused-ring (bicyclic) bond motifs is 2. The van der Waals surface area contributed by atoms with Gasteiger partial charge in [-0.3, -0.25) is 14.5 Å². The van der Waals surface area contributed by atoms with E-state index in [1.165, 1.54) is 28.1 Å². The van der Waals surface area contributed by atoms with Gasteiger partial charge < -0.3 is 9.80 Å². The molecule has 2 aliphatic heterocycles. The maximum atomic E-state index is 13.6. The average molecular weight is 510 g/mol. The van der Waals surface area contributed by atoms with E-state index in [0.717, 1.165) is 25.0 Å². The zero-order valence-electron chi connectivity index (χ0n) is 19.5. The highest BCUT2D eigenvalue weighted by atomic mass is 19.4. The molecular weight excluding hydrogens is 483 g/mol. The molecule has 1 fully saturated rings. The van der Waals surface area contributed by atoms with Gasteiger partial charge in [-0.1, -0.05) is 37.8 Å². The first-order chi connectivity index (χ1) is 17.2. The molecular formula is C27H26F3N5O2. The summed E-state index contributed by atoms with van der Waals surface area (Å²) in [7, 11) is 1.67. The van der Waals surface area contributed by atoms with Crippen LogP contribution in [-0.4, -0.2) is 40.9 Å². The molecule has 0 spiro atoms. The molecule has 3 aromatic rings. The van der Waals surface area contributed by atoms with Gasteiger partial charge in [0.1, 0.15) is 11.7 Å². The number of halogens is 3. The van der Waals surface area contributed by atoms with Crippen LogP contribution in [0.5, 0.6) is 0 Å². The molecule has 1 aromatic heterocycles. The lowest BCUT2D eigenvalue weighted by Gasteiger charge is -2.39. The van der Waals surface area contributed by atoms with Crippen molar-refractivity contribution in [1.29, 1.82) is 0 Å². The van der Waals surface area contributed by atoms with Crippen LogP contribution >= 0.6 is 0 Å². The summed E-state index contributed by atoms with van der Waals surface area (Å²) in [6, 6.07) is 10.9. The Labute approximate surface area is 212 Å². The Balaban J connectivity index is 0.00000280. The molecule has 2 unspecified atom stereocenters. The summed E-state index contributed by atoms with van der Waals surface area (Å²) >= 11 is 0. The van der Waals surface area contributed by atoms with E-state index in [1.807, 2.05) is 11.8 Å². The zero-order valence-corrected chi connectivity index (χ0v) is 19.5. The zero-order chi connectivity index (χ0) is 25.4. The van der Waals surface area contributed by atoms with Crippen LogP contribution in [0.4, 0.5) is 30.6 Å². The van der Waals surface area contributed by atoms with Gasteiger partial charge in [-0.25, -0.2) is 4.98 Å². The standard InChI is InChI=1S/C26H22F3N5O2.CH4/c1-14-23(35)32(2)20-13-30-25(31-22(20)33(14)17-11-12-17)34-21(18-5-3-4-6-19(18)24(34)36)15-7-9-16(10-8-15)26(27,28)29;/h3-10,13-14,17,21H,11-12H2,1-2H3;1H4. The van der Waals surface area contributed by atoms with Crippen LogP contribution in [0.3, 0.4) is 0 Å². The van der Waals surface area contributed by atoms with Gasteiger partial charge in [-0.15, -0.1) is 0 Å². The number of benzene rings is 2. The van der Waals surface area contributed by atoms with Crippen LogP contribution in [0, 0.1) is 0 Å². The minimum absolute atomic E-state index is 0. The SMILES string of the molecule is C.CC1C(=O)N(C)c2cnc(N3C(=O)c4ccccc4C3c3ccc(C(F)(F)F)cc3)nc2N1C1CC1. The molecule has 192 valence electrons. The molecule has 2 aromatic carbocycles. The molecule has 0 radical (unpaired) electrons. The monoisotopic (exact) mass is 509 g/mol. The van der Waals surface area contributed by atoms with Crippen LogP contribution in [0.15, 0.2) is 54.7 Å². The quantitative estimate of drug-likeness (QED) is 0.485. The summed E-state index contributed by atoms with van der Waals surface area (Å²) in [5.41, 5.74) is 1.43. The summed E-state index contributed by atoms with van der Waals surface area (Å²) in [4.78, 5) is 40.6. The summed E-state index contributed by atoms with van der Waals surface area (Å²) in [6.07, 6.45) is -1.03. The molecule has 1 aliphatic carbocycles. The first-order valence-corrected chi connectivity index (χ1v) is 11.7. The Morgan fingerprint density at radius 3 is 2.32 bits per heavy atom. The van der Waals surface area contributed by atoms with E-state index in [-0.39, 0.29) is 31.2 Å². The van der Waals surface area contributed by atoms with E-state index in [1.54, 1.807) is 31.3 Å². The Hall–Kier alpha value is -3.95. The summed E-state index contributed by atoms with van der Waals surface area (Å²) in [6.45, 7) is 1.84. The molecule has 3 heterocycles. The fourth-order valence-electron chi connectivity index (χ4n) is 5.15. The molecule has 0 N–H and O–H groups in total. The lowest BCUT2D eigenvalue weighted by Crippen LogP contribution is -2.52. The minimum atomic E-state index is -4.46. The lowest BCUT2D eigenvalue weighted by atomic mass is 9.97. The van der Waals surface area contributed by atoms with Gasteiger partial charge in [-0.05, 0) is 49.1 Å². The van der Waals surface area contributed by atoms with Gasteiger partial charge in [0, 0.05) is 18.7 Å². The number of likely N-dealkylation sites (N-methyl/N-ethyl adjacent to an activating group) is 1. The van der Waals surface area contributed by atoms with Crippen LogP contribution in [0.1, 0.15) is 60.3 Å². The van der Waals surface area contributed by atoms with E-state index in [2.05, 4.69) is 4.98 Å². The molecule has 2 atom stereocenters. The van der Waals surface area contributed by atoms with Gasteiger partial charge in [0.25, 0.3) is 5.91 Å². The number of anilines is 3. The first kappa shape index (κ1) is 24.7. The minimum Gasteiger partial charge on any atom is -0.340 e. The largest absolute Gasteiger partial charge is 0.416 e. The summed E-state index contributed by atoms with van der Waals surface area (Å²) in [5, 5.41) is 0. The normalized spacial score (nSPS) is 21.1. The van der Waals surface area contributed by atoms with E-state index >= 15 is 0 Å². The Morgan fingerprint density at radius 1 is 1.00 bits per heavy atom. The first-order valence-electron chi connectivity index (χ1n) is 11.7. The number of hydrogen-bond acceptors (Lipinski definition) is 5. The van der Waals surface area contributed by atoms with Gasteiger partial charge in [0.05, 0.1) is 17.8 Å². The second-order valence-corrected chi connectivity index (χ2v) is 9.38. The third-order valence-electron chi connectivity index (χ3n) is 7.12. The molecule has 2 amide bonds. The van der Waals surface area contributed by atoms with Crippen LogP contribution in [0.2, 0.25) is 0 Å². The maximum absolute atomic E-state index is 13.6. The van der Waals surface area contributed by atoms with Gasteiger partial charge >= 0.3 is 6.18 Å². The molecule has 37 heavy (non-hydrogen) atoms. The van der Waals surface area contributed by atoms with Crippen molar-refractivity contribution in [1.82, 2.24) is 9.97 Å². The molecule has 0 bridgehead atoms. The third-order valence-corrected chi connectivity index (χ3v) is 7.12. The molecule has 10 heteroatoms. The molecule has 6 rings (SSSR count). The number of hydrogen-bond donors (Lipinski definition) is 0. The van der Waals surface area contributed by atoms with E-state index in [4.69, 9.17) is 4.98 Å². The number of carbonyl (C=O) groups is 2. The summed E-state index contributed by atoms with van der Waals surface area (Å²) in [5.74, 6) is 0.326. The van der Waals surface area contributed by atoms with Crippen LogP contribution < -0.4 is 14.7 Å². The maximum Gasteiger partial charge on any atom is 0.416 e. The predicted octanol–water partition coefficient (Wildman–Crippen LogP) is 5.22. The van der Waals surface area contributed by atoms with Crippen molar-refractivity contribution >= 4 is 29.3 Å². The van der Waals surface area contributed by atoms with Crippen molar-refractivity contribution in [2.75, 3.05) is 21.7 Å². The smallest absolute Gasteiger partial charge is 0.340 e. The molecule has 0 saturated heterocycles. The fourth-order valence-corrected chi connectivity index (χ4v) is 5.15. The van der Waals surface area contributed by atoms with E-state index in [9.17, 15) is 22.8 Å². The van der Waals surface area contributed by atoms with Gasteiger partial charge in [0.2, 0.25) is 11.9 Å². The average Bonchev–Trinajstić information content (AvgIpc) is 3.65. The van der Waals surface area contributed by atoms with Gasteiger partial charge in [0.15, 0.2) is 5.82 Å². The topological polar surface area (TPSA) is 69.6 Å². The van der Waals surface area contributed by atoms with Crippen molar-refractivity contribution in [3.63, 3.8) is 0 Å². The van der Waals surface area contributed by atoms with E-state index < -0.39 is 23.8 Å². The highest BCUT2D eigenvalue weighted by molar-refractivity contribution is 6.11. The van der Waals surface area contributed by atoms with Crippen molar-refractivity contribution in [2.24, 2.45) is 0 Å². The van der Waals surface area contributed by atoms with Crippen molar-refractivity contribution < 1.29 is 22.8 Å². The second kappa shape index (κ2) is 8.57. The van der Waals surface area contributed by atoms with Crippen molar-refractivity contribution in [2.45, 2.75) is 51.5 Å². The Kier molecular flexibility index (Phi) is 5.73. The number of alkyl halides is 3. The molecule has 7 nitrogen and oxygen atoms in total. The number of nitrogens with zero attached hydrogens (tertiary/aromatic N) is 5. The molecule has 1 saturated carbocycles. The van der Waals surface area contributed by atoms with Gasteiger partial charge in [-0.2, -0.15) is 18.2 Å². The predicted molar refractivity (Wildman–Crippen MR) is 134 cm³/mol.